The smallest absolute Gasteiger partial charge is 0.337 e. The van der Waals surface area contributed by atoms with E-state index in [1.165, 1.54) is 0 Å². The number of benzene rings is 2. The minimum atomic E-state index is -0.924. The summed E-state index contributed by atoms with van der Waals surface area (Å²) >= 11 is 0. The maximum absolute atomic E-state index is 11.3. The number of ether oxygens (including phenoxy) is 1. The van der Waals surface area contributed by atoms with Crippen LogP contribution in [0.2, 0.25) is 0 Å². The van der Waals surface area contributed by atoms with Crippen LogP contribution in [0.15, 0.2) is 48.5 Å². The zero-order chi connectivity index (χ0) is 14.5. The molecule has 0 fully saturated rings. The van der Waals surface area contributed by atoms with E-state index in [4.69, 9.17) is 4.74 Å². The Bertz CT molecular complexity index is 610. The van der Waals surface area contributed by atoms with Crippen LogP contribution in [-0.2, 0) is 6.54 Å². The van der Waals surface area contributed by atoms with Crippen LogP contribution in [0, 0.1) is 0 Å². The van der Waals surface area contributed by atoms with Crippen LogP contribution in [-0.4, -0.2) is 25.2 Å². The number of aromatic carboxylic acids is 1. The van der Waals surface area contributed by atoms with E-state index in [1.807, 2.05) is 42.3 Å². The molecular weight excluding hydrogens is 254 g/mol. The Kier molecular flexibility index (Phi) is 4.25. The van der Waals surface area contributed by atoms with Crippen LogP contribution in [0.1, 0.15) is 15.9 Å². The Morgan fingerprint density at radius 1 is 1.15 bits per heavy atom. The molecule has 104 valence electrons. The molecule has 2 rings (SSSR count). The van der Waals surface area contributed by atoms with Crippen molar-refractivity contribution in [3.8, 4) is 5.75 Å². The topological polar surface area (TPSA) is 49.8 Å². The van der Waals surface area contributed by atoms with E-state index in [0.717, 1.165) is 11.3 Å². The summed E-state index contributed by atoms with van der Waals surface area (Å²) in [5, 5.41) is 9.23. The van der Waals surface area contributed by atoms with Crippen molar-refractivity contribution in [2.75, 3.05) is 19.1 Å². The van der Waals surface area contributed by atoms with Gasteiger partial charge in [-0.05, 0) is 18.2 Å². The van der Waals surface area contributed by atoms with E-state index in [0.29, 0.717) is 17.8 Å². The molecule has 0 aliphatic carbocycles. The molecule has 0 aliphatic rings. The summed E-state index contributed by atoms with van der Waals surface area (Å²) in [7, 11) is 3.50. The first-order chi connectivity index (χ1) is 9.63. The van der Waals surface area contributed by atoms with Gasteiger partial charge in [-0.2, -0.15) is 0 Å². The fourth-order valence-corrected chi connectivity index (χ4v) is 2.16. The molecule has 0 radical (unpaired) electrons. The number of anilines is 1. The number of nitrogens with zero attached hydrogens (tertiary/aromatic N) is 1. The lowest BCUT2D eigenvalue weighted by Crippen LogP contribution is -2.19. The highest BCUT2D eigenvalue weighted by molar-refractivity contribution is 5.94. The molecule has 0 amide bonds. The molecule has 4 nitrogen and oxygen atoms in total. The Balaban J connectivity index is 2.29. The first kappa shape index (κ1) is 13.9. The molecular formula is C16H17NO3. The molecule has 1 N–H and O–H groups in total. The Labute approximate surface area is 118 Å². The second-order valence-corrected chi connectivity index (χ2v) is 4.49. The zero-order valence-corrected chi connectivity index (χ0v) is 11.5. The van der Waals surface area contributed by atoms with Crippen molar-refractivity contribution < 1.29 is 14.6 Å². The molecule has 20 heavy (non-hydrogen) atoms. The number of carboxylic acids is 1. The number of methoxy groups -OCH3 is 1. The second-order valence-electron chi connectivity index (χ2n) is 4.49. The number of para-hydroxylation sites is 2. The number of hydrogen-bond donors (Lipinski definition) is 1. The quantitative estimate of drug-likeness (QED) is 0.908. The summed E-state index contributed by atoms with van der Waals surface area (Å²) in [5.41, 5.74) is 1.99. The zero-order valence-electron chi connectivity index (χ0n) is 11.5. The van der Waals surface area contributed by atoms with Crippen molar-refractivity contribution >= 4 is 11.7 Å². The molecule has 0 saturated heterocycles. The first-order valence-corrected chi connectivity index (χ1v) is 6.29. The highest BCUT2D eigenvalue weighted by Crippen LogP contribution is 2.24. The summed E-state index contributed by atoms with van der Waals surface area (Å²) in [4.78, 5) is 13.2. The van der Waals surface area contributed by atoms with E-state index < -0.39 is 5.97 Å². The number of hydrogen-bond acceptors (Lipinski definition) is 3. The molecule has 0 aliphatic heterocycles. The molecule has 4 heteroatoms. The van der Waals surface area contributed by atoms with Crippen molar-refractivity contribution in [2.45, 2.75) is 6.54 Å². The van der Waals surface area contributed by atoms with Crippen molar-refractivity contribution in [1.82, 2.24) is 0 Å². The molecule has 0 saturated carbocycles. The SMILES string of the molecule is COc1ccccc1CN(C)c1ccccc1C(=O)O. The Hall–Kier alpha value is -2.49. The molecule has 0 bridgehead atoms. The Morgan fingerprint density at radius 3 is 2.50 bits per heavy atom. The maximum Gasteiger partial charge on any atom is 0.337 e. The summed E-state index contributed by atoms with van der Waals surface area (Å²) in [6.45, 7) is 0.578. The van der Waals surface area contributed by atoms with Crippen molar-refractivity contribution in [3.05, 3.63) is 59.7 Å². The second kappa shape index (κ2) is 6.10. The van der Waals surface area contributed by atoms with Gasteiger partial charge in [0.15, 0.2) is 0 Å². The maximum atomic E-state index is 11.3. The highest BCUT2D eigenvalue weighted by Gasteiger charge is 2.14. The van der Waals surface area contributed by atoms with Gasteiger partial charge < -0.3 is 14.7 Å². The lowest BCUT2D eigenvalue weighted by Gasteiger charge is -2.22. The highest BCUT2D eigenvalue weighted by atomic mass is 16.5. The molecule has 0 heterocycles. The lowest BCUT2D eigenvalue weighted by molar-refractivity contribution is 0.0697. The van der Waals surface area contributed by atoms with Crippen LogP contribution < -0.4 is 9.64 Å². The molecule has 2 aromatic rings. The molecule has 0 atom stereocenters. The third-order valence-electron chi connectivity index (χ3n) is 3.15. The lowest BCUT2D eigenvalue weighted by atomic mass is 10.1. The predicted molar refractivity (Wildman–Crippen MR) is 78.5 cm³/mol. The monoisotopic (exact) mass is 271 g/mol. The fraction of sp³-hybridized carbons (Fsp3) is 0.188. The normalized spacial score (nSPS) is 10.1. The van der Waals surface area contributed by atoms with Gasteiger partial charge in [0.25, 0.3) is 0 Å². The largest absolute Gasteiger partial charge is 0.496 e. The number of rotatable bonds is 5. The average Bonchev–Trinajstić information content (AvgIpc) is 2.47. The van der Waals surface area contributed by atoms with Crippen LogP contribution in [0.4, 0.5) is 5.69 Å². The number of carboxylic acid groups (broad SMARTS) is 1. The van der Waals surface area contributed by atoms with Gasteiger partial charge in [0.1, 0.15) is 5.75 Å². The van der Waals surface area contributed by atoms with Gasteiger partial charge in [-0.3, -0.25) is 0 Å². The van der Waals surface area contributed by atoms with Gasteiger partial charge in [0, 0.05) is 19.2 Å². The van der Waals surface area contributed by atoms with E-state index in [-0.39, 0.29) is 0 Å². The van der Waals surface area contributed by atoms with Crippen molar-refractivity contribution in [2.24, 2.45) is 0 Å². The van der Waals surface area contributed by atoms with E-state index in [9.17, 15) is 9.90 Å². The first-order valence-electron chi connectivity index (χ1n) is 6.29. The van der Waals surface area contributed by atoms with Gasteiger partial charge in [0.2, 0.25) is 0 Å². The fourth-order valence-electron chi connectivity index (χ4n) is 2.16. The van der Waals surface area contributed by atoms with Gasteiger partial charge in [-0.25, -0.2) is 4.79 Å². The standard InChI is InChI=1S/C16H17NO3/c1-17(11-12-7-3-6-10-15(12)20-2)14-9-5-4-8-13(14)16(18)19/h3-10H,11H2,1-2H3,(H,18,19). The minimum Gasteiger partial charge on any atom is -0.496 e. The molecule has 0 spiro atoms. The van der Waals surface area contributed by atoms with Crippen molar-refractivity contribution in [3.63, 3.8) is 0 Å². The van der Waals surface area contributed by atoms with Gasteiger partial charge >= 0.3 is 5.97 Å². The third-order valence-corrected chi connectivity index (χ3v) is 3.15. The van der Waals surface area contributed by atoms with Crippen LogP contribution in [0.25, 0.3) is 0 Å². The van der Waals surface area contributed by atoms with E-state index in [2.05, 4.69) is 0 Å². The summed E-state index contributed by atoms with van der Waals surface area (Å²) in [6, 6.07) is 14.7. The van der Waals surface area contributed by atoms with Gasteiger partial charge in [-0.15, -0.1) is 0 Å². The summed E-state index contributed by atoms with van der Waals surface area (Å²) in [6.07, 6.45) is 0. The summed E-state index contributed by atoms with van der Waals surface area (Å²) in [5.74, 6) is -0.125. The molecule has 0 aromatic heterocycles. The third kappa shape index (κ3) is 2.91. The van der Waals surface area contributed by atoms with Crippen molar-refractivity contribution in [1.29, 1.82) is 0 Å². The van der Waals surface area contributed by atoms with Gasteiger partial charge in [0.05, 0.1) is 18.4 Å². The van der Waals surface area contributed by atoms with Crippen LogP contribution >= 0.6 is 0 Å². The van der Waals surface area contributed by atoms with E-state index >= 15 is 0 Å². The minimum absolute atomic E-state index is 0.296. The molecule has 2 aromatic carbocycles. The van der Waals surface area contributed by atoms with Gasteiger partial charge in [-0.1, -0.05) is 30.3 Å². The summed E-state index contributed by atoms with van der Waals surface area (Å²) < 4.78 is 5.32. The predicted octanol–water partition coefficient (Wildman–Crippen LogP) is 3.03. The van der Waals surface area contributed by atoms with E-state index in [1.54, 1.807) is 25.3 Å². The molecule has 0 unspecified atom stereocenters. The Morgan fingerprint density at radius 2 is 1.80 bits per heavy atom. The van der Waals surface area contributed by atoms with Crippen LogP contribution in [0.5, 0.6) is 5.75 Å². The number of carbonyl (C=O) groups is 1. The average molecular weight is 271 g/mol. The van der Waals surface area contributed by atoms with Crippen LogP contribution in [0.3, 0.4) is 0 Å².